The van der Waals surface area contributed by atoms with E-state index in [1.807, 2.05) is 0 Å². The summed E-state index contributed by atoms with van der Waals surface area (Å²) in [6.07, 6.45) is 0. The Labute approximate surface area is 90.2 Å². The van der Waals surface area contributed by atoms with Gasteiger partial charge in [-0.2, -0.15) is 0 Å². The van der Waals surface area contributed by atoms with Crippen LogP contribution in [0.15, 0.2) is 0 Å². The molecule has 0 bridgehead atoms. The minimum absolute atomic E-state index is 0.00547. The molecule has 0 saturated heterocycles. The van der Waals surface area contributed by atoms with Gasteiger partial charge in [0.1, 0.15) is 0 Å². The summed E-state index contributed by atoms with van der Waals surface area (Å²) in [7, 11) is 4.31. The zero-order valence-corrected chi connectivity index (χ0v) is 11.8. The lowest BCUT2D eigenvalue weighted by molar-refractivity contribution is 0.237. The standard InChI is InChI=1S/C8H20O4Si2/c1-8(2,14(11-5)12-6)7-13(9-3)10-4/h7H2,1-6H3. The van der Waals surface area contributed by atoms with Crippen molar-refractivity contribution in [2.24, 2.45) is 0 Å². The van der Waals surface area contributed by atoms with Crippen molar-refractivity contribution in [1.82, 2.24) is 0 Å². The van der Waals surface area contributed by atoms with Crippen molar-refractivity contribution in [3.8, 4) is 0 Å². The van der Waals surface area contributed by atoms with E-state index in [9.17, 15) is 0 Å². The summed E-state index contributed by atoms with van der Waals surface area (Å²) < 4.78 is 21.2. The first-order chi connectivity index (χ1) is 6.51. The fourth-order valence-corrected chi connectivity index (χ4v) is 4.76. The van der Waals surface area contributed by atoms with Crippen LogP contribution in [0.3, 0.4) is 0 Å². The summed E-state index contributed by atoms with van der Waals surface area (Å²) in [5, 5.41) is -0.00547. The van der Waals surface area contributed by atoms with Crippen LogP contribution in [-0.2, 0) is 17.7 Å². The molecule has 6 heteroatoms. The van der Waals surface area contributed by atoms with Crippen molar-refractivity contribution in [1.29, 1.82) is 0 Å². The zero-order valence-electron chi connectivity index (χ0n) is 9.84. The van der Waals surface area contributed by atoms with Gasteiger partial charge in [-0.25, -0.2) is 0 Å². The number of hydrogen-bond donors (Lipinski definition) is 0. The molecule has 0 aromatic carbocycles. The highest BCUT2D eigenvalue weighted by Gasteiger charge is 2.38. The average Bonchev–Trinajstić information content (AvgIpc) is 2.15. The van der Waals surface area contributed by atoms with Crippen LogP contribution < -0.4 is 0 Å². The van der Waals surface area contributed by atoms with Crippen LogP contribution in [0, 0.1) is 0 Å². The summed E-state index contributed by atoms with van der Waals surface area (Å²) in [5.74, 6) is 0. The molecule has 0 saturated carbocycles. The van der Waals surface area contributed by atoms with Crippen LogP contribution in [0.1, 0.15) is 13.8 Å². The third kappa shape index (κ3) is 4.20. The van der Waals surface area contributed by atoms with Gasteiger partial charge in [-0.3, -0.25) is 0 Å². The molecule has 0 spiro atoms. The minimum atomic E-state index is -1.25. The van der Waals surface area contributed by atoms with Crippen LogP contribution in [0.2, 0.25) is 11.1 Å². The van der Waals surface area contributed by atoms with Gasteiger partial charge in [0.2, 0.25) is 0 Å². The Kier molecular flexibility index (Phi) is 6.83. The Hall–Kier alpha value is 0.274. The molecular weight excluding hydrogens is 216 g/mol. The molecule has 0 rings (SSSR count). The van der Waals surface area contributed by atoms with Gasteiger partial charge in [0, 0.05) is 33.5 Å². The van der Waals surface area contributed by atoms with Crippen LogP contribution >= 0.6 is 0 Å². The van der Waals surface area contributed by atoms with Gasteiger partial charge in [0.05, 0.1) is 0 Å². The molecule has 0 aromatic heterocycles. The van der Waals surface area contributed by atoms with Crippen molar-refractivity contribution in [3.05, 3.63) is 0 Å². The maximum absolute atomic E-state index is 5.34. The van der Waals surface area contributed by atoms with Crippen molar-refractivity contribution < 1.29 is 17.7 Å². The Balaban J connectivity index is 4.28. The molecule has 2 radical (unpaired) electrons. The van der Waals surface area contributed by atoms with Crippen molar-refractivity contribution >= 4 is 18.6 Å². The second-order valence-corrected chi connectivity index (χ2v) is 8.20. The fourth-order valence-electron chi connectivity index (χ4n) is 1.30. The molecule has 0 aliphatic rings. The van der Waals surface area contributed by atoms with Gasteiger partial charge in [0.15, 0.2) is 0 Å². The first-order valence-corrected chi connectivity index (χ1v) is 7.25. The zero-order chi connectivity index (χ0) is 11.2. The second kappa shape index (κ2) is 6.70. The minimum Gasteiger partial charge on any atom is -0.397 e. The summed E-state index contributed by atoms with van der Waals surface area (Å²) in [6, 6.07) is 0.862. The Bertz CT molecular complexity index is 146. The largest absolute Gasteiger partial charge is 0.397 e. The van der Waals surface area contributed by atoms with Crippen LogP contribution in [0.25, 0.3) is 0 Å². The SMILES string of the molecule is CO[Si](CC(C)(C)[Si](OC)OC)OC. The van der Waals surface area contributed by atoms with E-state index in [1.54, 1.807) is 28.4 Å². The summed E-state index contributed by atoms with van der Waals surface area (Å²) in [6.45, 7) is 4.24. The average molecular weight is 236 g/mol. The van der Waals surface area contributed by atoms with Crippen LogP contribution in [0.4, 0.5) is 0 Å². The first-order valence-electron chi connectivity index (χ1n) is 4.41. The molecule has 0 fully saturated rings. The molecule has 14 heavy (non-hydrogen) atoms. The molecule has 0 aromatic rings. The number of rotatable bonds is 7. The van der Waals surface area contributed by atoms with Crippen molar-refractivity contribution in [2.45, 2.75) is 24.9 Å². The van der Waals surface area contributed by atoms with E-state index in [0.717, 1.165) is 6.04 Å². The van der Waals surface area contributed by atoms with Crippen molar-refractivity contribution in [3.63, 3.8) is 0 Å². The molecule has 0 aliphatic heterocycles. The molecular formula is C8H20O4Si2. The molecule has 0 heterocycles. The Morgan fingerprint density at radius 3 is 1.57 bits per heavy atom. The summed E-state index contributed by atoms with van der Waals surface area (Å²) in [4.78, 5) is 0. The Morgan fingerprint density at radius 2 is 1.29 bits per heavy atom. The molecule has 0 amide bonds. The van der Waals surface area contributed by atoms with Gasteiger partial charge in [-0.15, -0.1) is 0 Å². The lowest BCUT2D eigenvalue weighted by Crippen LogP contribution is -2.37. The van der Waals surface area contributed by atoms with E-state index in [-0.39, 0.29) is 5.04 Å². The van der Waals surface area contributed by atoms with E-state index >= 15 is 0 Å². The highest BCUT2D eigenvalue weighted by molar-refractivity contribution is 6.53. The van der Waals surface area contributed by atoms with E-state index < -0.39 is 18.6 Å². The first kappa shape index (κ1) is 14.3. The maximum atomic E-state index is 5.34. The lowest BCUT2D eigenvalue weighted by atomic mass is 10.2. The number of hydrogen-bond acceptors (Lipinski definition) is 4. The van der Waals surface area contributed by atoms with Crippen LogP contribution in [0.5, 0.6) is 0 Å². The molecule has 4 nitrogen and oxygen atoms in total. The summed E-state index contributed by atoms with van der Waals surface area (Å²) in [5.41, 5.74) is 0. The van der Waals surface area contributed by atoms with Gasteiger partial charge in [-0.05, 0) is 6.04 Å². The normalized spacial score (nSPS) is 12.9. The molecule has 84 valence electrons. The van der Waals surface area contributed by atoms with Crippen molar-refractivity contribution in [2.75, 3.05) is 28.4 Å². The van der Waals surface area contributed by atoms with Gasteiger partial charge in [-0.1, -0.05) is 13.8 Å². The lowest BCUT2D eigenvalue weighted by Gasteiger charge is -2.29. The fraction of sp³-hybridized carbons (Fsp3) is 1.00. The summed E-state index contributed by atoms with van der Waals surface area (Å²) >= 11 is 0. The third-order valence-corrected chi connectivity index (χ3v) is 6.43. The quantitative estimate of drug-likeness (QED) is 0.625. The van der Waals surface area contributed by atoms with E-state index in [0.29, 0.717) is 0 Å². The monoisotopic (exact) mass is 236 g/mol. The molecule has 0 atom stereocenters. The molecule has 0 unspecified atom stereocenters. The van der Waals surface area contributed by atoms with E-state index in [1.165, 1.54) is 0 Å². The van der Waals surface area contributed by atoms with Crippen LogP contribution in [-0.4, -0.2) is 47.0 Å². The topological polar surface area (TPSA) is 36.9 Å². The smallest absolute Gasteiger partial charge is 0.390 e. The Morgan fingerprint density at radius 1 is 0.857 bits per heavy atom. The predicted molar refractivity (Wildman–Crippen MR) is 58.4 cm³/mol. The third-order valence-electron chi connectivity index (χ3n) is 1.96. The van der Waals surface area contributed by atoms with E-state index in [2.05, 4.69) is 13.8 Å². The highest BCUT2D eigenvalue weighted by Crippen LogP contribution is 2.35. The van der Waals surface area contributed by atoms with Gasteiger partial charge in [0.25, 0.3) is 0 Å². The maximum Gasteiger partial charge on any atom is 0.390 e. The molecule has 0 aliphatic carbocycles. The van der Waals surface area contributed by atoms with Gasteiger partial charge < -0.3 is 17.7 Å². The highest BCUT2D eigenvalue weighted by atomic mass is 28.3. The van der Waals surface area contributed by atoms with Gasteiger partial charge >= 0.3 is 18.6 Å². The predicted octanol–water partition coefficient (Wildman–Crippen LogP) is 1.33. The second-order valence-electron chi connectivity index (χ2n) is 3.54. The molecule has 0 N–H and O–H groups in total. The van der Waals surface area contributed by atoms with E-state index in [4.69, 9.17) is 17.7 Å².